The van der Waals surface area contributed by atoms with Gasteiger partial charge in [0.15, 0.2) is 6.10 Å². The van der Waals surface area contributed by atoms with Gasteiger partial charge in [-0.1, -0.05) is 338 Å². The lowest BCUT2D eigenvalue weighted by Gasteiger charge is -2.18. The molecule has 0 bridgehead atoms. The standard InChI is InChI=1S/C75H136O6/c1-4-7-10-13-16-19-22-24-26-28-30-31-32-33-34-35-36-37-38-39-40-41-42-43-45-46-48-50-53-56-59-62-65-68-74(77)80-71-72(70-79-73(76)67-64-61-58-55-52-21-18-15-12-9-6-3)81-75(78)69-66-63-60-57-54-51-49-47-44-29-27-25-23-20-17-14-11-8-5-2/h8,11,17,20,25,27-28,30,44,47,72H,4-7,9-10,12-16,18-19,21-24,26,29,31-43,45-46,48-71H2,1-3H3/b11-8-,20-17-,27-25-,30-28-,47-44-. The van der Waals surface area contributed by atoms with E-state index in [0.29, 0.717) is 19.3 Å². The molecule has 6 nitrogen and oxygen atoms in total. The molecule has 0 radical (unpaired) electrons. The van der Waals surface area contributed by atoms with Gasteiger partial charge in [-0.2, -0.15) is 0 Å². The van der Waals surface area contributed by atoms with Crippen molar-refractivity contribution in [3.8, 4) is 0 Å². The fourth-order valence-corrected chi connectivity index (χ4v) is 10.7. The summed E-state index contributed by atoms with van der Waals surface area (Å²) in [7, 11) is 0. The number of rotatable bonds is 66. The minimum Gasteiger partial charge on any atom is -0.462 e. The zero-order valence-corrected chi connectivity index (χ0v) is 54.3. The van der Waals surface area contributed by atoms with Crippen LogP contribution in [0.5, 0.6) is 0 Å². The number of carbonyl (C=O) groups excluding carboxylic acids is 3. The number of hydrogen-bond donors (Lipinski definition) is 0. The van der Waals surface area contributed by atoms with Crippen LogP contribution >= 0.6 is 0 Å². The number of allylic oxidation sites excluding steroid dienone is 10. The summed E-state index contributed by atoms with van der Waals surface area (Å²) >= 11 is 0. The first-order valence-electron chi connectivity index (χ1n) is 35.8. The summed E-state index contributed by atoms with van der Waals surface area (Å²) in [6, 6.07) is 0. The van der Waals surface area contributed by atoms with Crippen molar-refractivity contribution in [2.24, 2.45) is 0 Å². The summed E-state index contributed by atoms with van der Waals surface area (Å²) in [5.74, 6) is -0.868. The molecule has 0 fully saturated rings. The van der Waals surface area contributed by atoms with Crippen molar-refractivity contribution in [2.45, 2.75) is 386 Å². The molecular formula is C75H136O6. The Hall–Kier alpha value is -2.89. The van der Waals surface area contributed by atoms with E-state index in [1.807, 2.05) is 0 Å². The first-order valence-corrected chi connectivity index (χ1v) is 35.8. The van der Waals surface area contributed by atoms with Crippen molar-refractivity contribution in [1.82, 2.24) is 0 Å². The third kappa shape index (κ3) is 67.8. The summed E-state index contributed by atoms with van der Waals surface area (Å²) < 4.78 is 16.9. The SMILES string of the molecule is CC/C=C\C/C=C\C/C=C\C/C=C\CCCCCCCCC(=O)OC(COC(=O)CCCCCCCCCCCCC)COC(=O)CCCCCCCCCCCCCCCCCCCCCCC/C=C\CCCCCCCCCC. The molecule has 0 N–H and O–H groups in total. The Balaban J connectivity index is 4.10. The van der Waals surface area contributed by atoms with E-state index < -0.39 is 6.10 Å². The van der Waals surface area contributed by atoms with Crippen LogP contribution in [0.2, 0.25) is 0 Å². The van der Waals surface area contributed by atoms with Gasteiger partial charge in [-0.15, -0.1) is 0 Å². The van der Waals surface area contributed by atoms with Gasteiger partial charge in [0.1, 0.15) is 13.2 Å². The van der Waals surface area contributed by atoms with E-state index >= 15 is 0 Å². The average molecular weight is 1130 g/mol. The van der Waals surface area contributed by atoms with Gasteiger partial charge >= 0.3 is 17.9 Å². The van der Waals surface area contributed by atoms with Gasteiger partial charge in [-0.05, 0) is 83.5 Å². The first-order chi connectivity index (χ1) is 40.0. The Bertz CT molecular complexity index is 1440. The van der Waals surface area contributed by atoms with Gasteiger partial charge in [-0.3, -0.25) is 14.4 Å². The minimum atomic E-state index is -0.780. The van der Waals surface area contributed by atoms with Gasteiger partial charge in [0.05, 0.1) is 0 Å². The predicted octanol–water partition coefficient (Wildman–Crippen LogP) is 24.7. The largest absolute Gasteiger partial charge is 0.462 e. The van der Waals surface area contributed by atoms with Crippen LogP contribution in [0.1, 0.15) is 380 Å². The quantitative estimate of drug-likeness (QED) is 0.0261. The molecule has 0 spiro atoms. The topological polar surface area (TPSA) is 78.9 Å². The molecule has 0 aliphatic rings. The lowest BCUT2D eigenvalue weighted by Crippen LogP contribution is -2.30. The maximum absolute atomic E-state index is 12.9. The van der Waals surface area contributed by atoms with E-state index in [2.05, 4.69) is 81.5 Å². The monoisotopic (exact) mass is 1130 g/mol. The van der Waals surface area contributed by atoms with Gasteiger partial charge in [0.2, 0.25) is 0 Å². The molecule has 0 aliphatic carbocycles. The summed E-state index contributed by atoms with van der Waals surface area (Å²) in [5.41, 5.74) is 0. The van der Waals surface area contributed by atoms with Crippen molar-refractivity contribution in [2.75, 3.05) is 13.2 Å². The average Bonchev–Trinajstić information content (AvgIpc) is 3.47. The Morgan fingerprint density at radius 1 is 0.259 bits per heavy atom. The van der Waals surface area contributed by atoms with E-state index in [4.69, 9.17) is 14.2 Å². The number of carbonyl (C=O) groups is 3. The second-order valence-electron chi connectivity index (χ2n) is 24.1. The molecule has 0 aromatic heterocycles. The van der Waals surface area contributed by atoms with Crippen molar-refractivity contribution < 1.29 is 28.6 Å². The zero-order valence-electron chi connectivity index (χ0n) is 54.3. The van der Waals surface area contributed by atoms with Crippen LogP contribution in [0.25, 0.3) is 0 Å². The van der Waals surface area contributed by atoms with Crippen molar-refractivity contribution in [3.05, 3.63) is 60.8 Å². The third-order valence-corrected chi connectivity index (χ3v) is 16.0. The molecule has 6 heteroatoms. The van der Waals surface area contributed by atoms with Crippen LogP contribution in [-0.4, -0.2) is 37.2 Å². The molecule has 0 saturated carbocycles. The maximum atomic E-state index is 12.9. The lowest BCUT2D eigenvalue weighted by atomic mass is 10.0. The van der Waals surface area contributed by atoms with Gasteiger partial charge in [0.25, 0.3) is 0 Å². The third-order valence-electron chi connectivity index (χ3n) is 16.0. The number of ether oxygens (including phenoxy) is 3. The van der Waals surface area contributed by atoms with E-state index in [9.17, 15) is 14.4 Å². The fraction of sp³-hybridized carbons (Fsp3) is 0.827. The molecule has 81 heavy (non-hydrogen) atoms. The molecule has 0 rings (SSSR count). The van der Waals surface area contributed by atoms with E-state index in [0.717, 1.165) is 96.3 Å². The smallest absolute Gasteiger partial charge is 0.306 e. The number of hydrogen-bond acceptors (Lipinski definition) is 6. The first kappa shape index (κ1) is 78.1. The van der Waals surface area contributed by atoms with E-state index in [-0.39, 0.29) is 31.1 Å². The van der Waals surface area contributed by atoms with Crippen LogP contribution in [0.4, 0.5) is 0 Å². The van der Waals surface area contributed by atoms with Crippen molar-refractivity contribution >= 4 is 17.9 Å². The molecule has 0 aromatic rings. The highest BCUT2D eigenvalue weighted by molar-refractivity contribution is 5.71. The Labute approximate surface area is 504 Å². The van der Waals surface area contributed by atoms with Crippen molar-refractivity contribution in [3.63, 3.8) is 0 Å². The Morgan fingerprint density at radius 3 is 0.765 bits per heavy atom. The summed E-state index contributed by atoms with van der Waals surface area (Å²) in [6.07, 6.45) is 89.9. The molecular weight excluding hydrogens is 997 g/mol. The predicted molar refractivity (Wildman–Crippen MR) is 353 cm³/mol. The zero-order chi connectivity index (χ0) is 58.5. The highest BCUT2D eigenvalue weighted by atomic mass is 16.6. The lowest BCUT2D eigenvalue weighted by molar-refractivity contribution is -0.167. The van der Waals surface area contributed by atoms with Crippen molar-refractivity contribution in [1.29, 1.82) is 0 Å². The molecule has 0 aliphatic heterocycles. The molecule has 0 amide bonds. The second-order valence-corrected chi connectivity index (χ2v) is 24.1. The van der Waals surface area contributed by atoms with Crippen LogP contribution in [0.15, 0.2) is 60.8 Å². The highest BCUT2D eigenvalue weighted by Gasteiger charge is 2.19. The maximum Gasteiger partial charge on any atom is 0.306 e. The number of unbranched alkanes of at least 4 members (excludes halogenated alkanes) is 45. The summed E-state index contributed by atoms with van der Waals surface area (Å²) in [5, 5.41) is 0. The molecule has 472 valence electrons. The Morgan fingerprint density at radius 2 is 0.481 bits per heavy atom. The second kappa shape index (κ2) is 69.6. The summed E-state index contributed by atoms with van der Waals surface area (Å²) in [4.78, 5) is 38.3. The normalized spacial score (nSPS) is 12.4. The molecule has 1 atom stereocenters. The molecule has 1 unspecified atom stereocenters. The van der Waals surface area contributed by atoms with Gasteiger partial charge in [-0.25, -0.2) is 0 Å². The molecule has 0 aromatic carbocycles. The van der Waals surface area contributed by atoms with Crippen LogP contribution in [-0.2, 0) is 28.6 Å². The van der Waals surface area contributed by atoms with E-state index in [1.165, 1.54) is 244 Å². The van der Waals surface area contributed by atoms with Crippen LogP contribution in [0, 0.1) is 0 Å². The van der Waals surface area contributed by atoms with Gasteiger partial charge in [0, 0.05) is 19.3 Å². The Kier molecular flexibility index (Phi) is 67.1. The number of esters is 3. The highest BCUT2D eigenvalue weighted by Crippen LogP contribution is 2.18. The van der Waals surface area contributed by atoms with Crippen LogP contribution < -0.4 is 0 Å². The minimum absolute atomic E-state index is 0.0755. The summed E-state index contributed by atoms with van der Waals surface area (Å²) in [6.45, 7) is 6.56. The van der Waals surface area contributed by atoms with Gasteiger partial charge < -0.3 is 14.2 Å². The fourth-order valence-electron chi connectivity index (χ4n) is 10.7. The molecule has 0 saturated heterocycles. The van der Waals surface area contributed by atoms with Crippen LogP contribution in [0.3, 0.4) is 0 Å². The molecule has 0 heterocycles. The van der Waals surface area contributed by atoms with E-state index in [1.54, 1.807) is 0 Å².